The third kappa shape index (κ3) is 5.38. The molecule has 9 heteroatoms. The lowest BCUT2D eigenvalue weighted by atomic mass is 10.1. The number of carbonyl (C=O) groups is 3. The summed E-state index contributed by atoms with van der Waals surface area (Å²) in [5, 5.41) is 0.880. The Balaban J connectivity index is 1.29. The van der Waals surface area contributed by atoms with Crippen LogP contribution in [0.1, 0.15) is 31.2 Å². The number of piperazine rings is 1. The SMILES string of the molecule is O=C(CN1CCN(C(=O)C2CCCN2C(=O)Cc2ccc(Cl)c(Cl)c2)CC1)N1CCCC1. The van der Waals surface area contributed by atoms with Crippen LogP contribution in [0.4, 0.5) is 0 Å². The molecule has 7 nitrogen and oxygen atoms in total. The lowest BCUT2D eigenvalue weighted by molar-refractivity contribution is -0.145. The number of halogens is 2. The van der Waals surface area contributed by atoms with Gasteiger partial charge in [0.1, 0.15) is 6.04 Å². The van der Waals surface area contributed by atoms with E-state index in [0.29, 0.717) is 55.7 Å². The molecule has 1 aromatic rings. The fourth-order valence-corrected chi connectivity index (χ4v) is 5.16. The Morgan fingerprint density at radius 3 is 2.22 bits per heavy atom. The van der Waals surface area contributed by atoms with Crippen LogP contribution in [0.2, 0.25) is 10.0 Å². The molecule has 0 spiro atoms. The van der Waals surface area contributed by atoms with E-state index < -0.39 is 6.04 Å². The zero-order valence-corrected chi connectivity index (χ0v) is 19.8. The molecule has 0 aromatic heterocycles. The van der Waals surface area contributed by atoms with Crippen LogP contribution in [0.25, 0.3) is 0 Å². The fraction of sp³-hybridized carbons (Fsp3) is 0.609. The second-order valence-corrected chi connectivity index (χ2v) is 9.67. The van der Waals surface area contributed by atoms with Crippen molar-refractivity contribution < 1.29 is 14.4 Å². The van der Waals surface area contributed by atoms with Gasteiger partial charge in [-0.1, -0.05) is 29.3 Å². The van der Waals surface area contributed by atoms with Crippen molar-refractivity contribution in [1.82, 2.24) is 19.6 Å². The van der Waals surface area contributed by atoms with Gasteiger partial charge in [-0.05, 0) is 43.4 Å². The first-order valence-corrected chi connectivity index (χ1v) is 12.2. The van der Waals surface area contributed by atoms with Crippen molar-refractivity contribution in [2.24, 2.45) is 0 Å². The Kier molecular flexibility index (Phi) is 7.59. The van der Waals surface area contributed by atoms with Gasteiger partial charge < -0.3 is 14.7 Å². The second kappa shape index (κ2) is 10.4. The molecule has 3 amide bonds. The molecule has 0 N–H and O–H groups in total. The van der Waals surface area contributed by atoms with Crippen LogP contribution in [0.5, 0.6) is 0 Å². The Bertz CT molecular complexity index is 867. The molecule has 3 saturated heterocycles. The van der Waals surface area contributed by atoms with E-state index in [0.717, 1.165) is 37.9 Å². The smallest absolute Gasteiger partial charge is 0.245 e. The highest BCUT2D eigenvalue weighted by molar-refractivity contribution is 6.42. The predicted octanol–water partition coefficient (Wildman–Crippen LogP) is 2.29. The largest absolute Gasteiger partial charge is 0.342 e. The van der Waals surface area contributed by atoms with Gasteiger partial charge in [-0.2, -0.15) is 0 Å². The molecule has 32 heavy (non-hydrogen) atoms. The third-order valence-electron chi connectivity index (χ3n) is 6.70. The molecule has 0 bridgehead atoms. The van der Waals surface area contributed by atoms with E-state index in [1.807, 2.05) is 9.80 Å². The van der Waals surface area contributed by atoms with E-state index in [1.54, 1.807) is 23.1 Å². The second-order valence-electron chi connectivity index (χ2n) is 8.86. The highest BCUT2D eigenvalue weighted by atomic mass is 35.5. The number of rotatable bonds is 5. The highest BCUT2D eigenvalue weighted by Crippen LogP contribution is 2.25. The van der Waals surface area contributed by atoms with E-state index in [4.69, 9.17) is 23.2 Å². The maximum absolute atomic E-state index is 13.2. The molecule has 0 radical (unpaired) electrons. The molecular weight excluding hydrogens is 451 g/mol. The van der Waals surface area contributed by atoms with Gasteiger partial charge in [0.15, 0.2) is 0 Å². The first-order valence-electron chi connectivity index (χ1n) is 11.4. The van der Waals surface area contributed by atoms with Crippen LogP contribution in [0, 0.1) is 0 Å². The summed E-state index contributed by atoms with van der Waals surface area (Å²) >= 11 is 12.0. The van der Waals surface area contributed by atoms with Crippen molar-refractivity contribution in [2.45, 2.75) is 38.1 Å². The van der Waals surface area contributed by atoms with E-state index in [2.05, 4.69) is 4.90 Å². The van der Waals surface area contributed by atoms with Gasteiger partial charge in [0.2, 0.25) is 17.7 Å². The van der Waals surface area contributed by atoms with Gasteiger partial charge in [0, 0.05) is 45.8 Å². The zero-order chi connectivity index (χ0) is 22.7. The van der Waals surface area contributed by atoms with E-state index in [1.165, 1.54) is 0 Å². The van der Waals surface area contributed by atoms with Crippen LogP contribution >= 0.6 is 23.2 Å². The molecule has 3 fully saturated rings. The Morgan fingerprint density at radius 2 is 1.53 bits per heavy atom. The van der Waals surface area contributed by atoms with Crippen molar-refractivity contribution in [2.75, 3.05) is 52.4 Å². The van der Waals surface area contributed by atoms with Crippen LogP contribution in [0.15, 0.2) is 18.2 Å². The van der Waals surface area contributed by atoms with Gasteiger partial charge in [-0.3, -0.25) is 19.3 Å². The van der Waals surface area contributed by atoms with Crippen molar-refractivity contribution in [1.29, 1.82) is 0 Å². The monoisotopic (exact) mass is 480 g/mol. The summed E-state index contributed by atoms with van der Waals surface area (Å²) in [5.41, 5.74) is 0.791. The zero-order valence-electron chi connectivity index (χ0n) is 18.3. The Hall–Kier alpha value is -1.83. The molecule has 0 saturated carbocycles. The van der Waals surface area contributed by atoms with Gasteiger partial charge >= 0.3 is 0 Å². The number of amides is 3. The minimum Gasteiger partial charge on any atom is -0.342 e. The lowest BCUT2D eigenvalue weighted by Gasteiger charge is -2.37. The summed E-state index contributed by atoms with van der Waals surface area (Å²) in [6, 6.07) is 4.79. The number of carbonyl (C=O) groups excluding carboxylic acids is 3. The van der Waals surface area contributed by atoms with Crippen molar-refractivity contribution in [3.05, 3.63) is 33.8 Å². The van der Waals surface area contributed by atoms with E-state index >= 15 is 0 Å². The van der Waals surface area contributed by atoms with Gasteiger partial charge in [-0.25, -0.2) is 0 Å². The summed E-state index contributed by atoms with van der Waals surface area (Å²) in [7, 11) is 0. The minimum absolute atomic E-state index is 0.0236. The van der Waals surface area contributed by atoms with Crippen molar-refractivity contribution in [3.8, 4) is 0 Å². The average Bonchev–Trinajstić information content (AvgIpc) is 3.49. The predicted molar refractivity (Wildman–Crippen MR) is 124 cm³/mol. The van der Waals surface area contributed by atoms with Gasteiger partial charge in [0.25, 0.3) is 0 Å². The molecule has 1 aromatic carbocycles. The van der Waals surface area contributed by atoms with E-state index in [9.17, 15) is 14.4 Å². The van der Waals surface area contributed by atoms with Crippen LogP contribution in [-0.2, 0) is 20.8 Å². The highest BCUT2D eigenvalue weighted by Gasteiger charge is 2.37. The van der Waals surface area contributed by atoms with Crippen molar-refractivity contribution in [3.63, 3.8) is 0 Å². The van der Waals surface area contributed by atoms with Gasteiger partial charge in [-0.15, -0.1) is 0 Å². The third-order valence-corrected chi connectivity index (χ3v) is 7.44. The first kappa shape index (κ1) is 23.3. The number of likely N-dealkylation sites (tertiary alicyclic amines) is 2. The molecular formula is C23H30Cl2N4O3. The number of hydrogen-bond donors (Lipinski definition) is 0. The standard InChI is InChI=1S/C23H30Cl2N4O3/c24-18-6-5-17(14-19(18)25)15-21(30)29-9-3-4-20(29)23(32)28-12-10-26(11-13-28)16-22(31)27-7-1-2-8-27/h5-6,14,20H,1-4,7-13,15-16H2. The summed E-state index contributed by atoms with van der Waals surface area (Å²) < 4.78 is 0. The molecule has 0 aliphatic carbocycles. The maximum atomic E-state index is 13.2. The molecule has 4 rings (SSSR count). The average molecular weight is 481 g/mol. The Morgan fingerprint density at radius 1 is 0.812 bits per heavy atom. The molecule has 3 aliphatic heterocycles. The number of benzene rings is 1. The lowest BCUT2D eigenvalue weighted by Crippen LogP contribution is -2.55. The van der Waals surface area contributed by atoms with E-state index in [-0.39, 0.29) is 24.1 Å². The fourth-order valence-electron chi connectivity index (χ4n) is 4.84. The van der Waals surface area contributed by atoms with Crippen molar-refractivity contribution >= 4 is 40.9 Å². The van der Waals surface area contributed by atoms with Gasteiger partial charge in [0.05, 0.1) is 23.0 Å². The summed E-state index contributed by atoms with van der Waals surface area (Å²) in [5.74, 6) is 0.154. The van der Waals surface area contributed by atoms with Crippen LogP contribution in [0.3, 0.4) is 0 Å². The summed E-state index contributed by atoms with van der Waals surface area (Å²) in [6.45, 7) is 5.33. The molecule has 1 unspecified atom stereocenters. The first-order chi connectivity index (χ1) is 15.4. The topological polar surface area (TPSA) is 64.2 Å². The summed E-state index contributed by atoms with van der Waals surface area (Å²) in [4.78, 5) is 46.2. The minimum atomic E-state index is -0.400. The van der Waals surface area contributed by atoms with Crippen LogP contribution in [-0.4, -0.2) is 95.7 Å². The number of nitrogens with zero attached hydrogens (tertiary/aromatic N) is 4. The molecule has 174 valence electrons. The summed E-state index contributed by atoms with van der Waals surface area (Å²) in [6.07, 6.45) is 3.91. The molecule has 1 atom stereocenters. The maximum Gasteiger partial charge on any atom is 0.245 e. The van der Waals surface area contributed by atoms with Crippen LogP contribution < -0.4 is 0 Å². The quantitative estimate of drug-likeness (QED) is 0.648. The number of hydrogen-bond acceptors (Lipinski definition) is 4. The molecule has 3 aliphatic rings. The molecule has 3 heterocycles. The normalized spacial score (nSPS) is 21.9. The Labute approximate surface area is 199 Å².